The van der Waals surface area contributed by atoms with Crippen molar-refractivity contribution in [3.63, 3.8) is 0 Å². The van der Waals surface area contributed by atoms with E-state index in [1.807, 2.05) is 6.92 Å². The zero-order valence-electron chi connectivity index (χ0n) is 11.0. The summed E-state index contributed by atoms with van der Waals surface area (Å²) in [6, 6.07) is 2.99. The Labute approximate surface area is 115 Å². The lowest BCUT2D eigenvalue weighted by Gasteiger charge is -2.34. The number of hydrogen-bond donors (Lipinski definition) is 1. The lowest BCUT2D eigenvalue weighted by molar-refractivity contribution is -0.385. The molecule has 1 N–H and O–H groups in total. The Balaban J connectivity index is 2.19. The number of carbonyl (C=O) groups is 1. The van der Waals surface area contributed by atoms with Gasteiger partial charge < -0.3 is 10.0 Å². The lowest BCUT2D eigenvalue weighted by atomic mass is 9.96. The van der Waals surface area contributed by atoms with Gasteiger partial charge in [-0.05, 0) is 18.4 Å². The average molecular weight is 282 g/mol. The first-order chi connectivity index (χ1) is 9.40. The molecule has 2 rings (SSSR count). The van der Waals surface area contributed by atoms with Crippen LogP contribution in [0.2, 0.25) is 0 Å². The highest BCUT2D eigenvalue weighted by Gasteiger charge is 2.29. The quantitative estimate of drug-likeness (QED) is 0.659. The van der Waals surface area contributed by atoms with Gasteiger partial charge in [0.2, 0.25) is 0 Å². The Morgan fingerprint density at radius 3 is 2.80 bits per heavy atom. The van der Waals surface area contributed by atoms with Crippen LogP contribution in [0.1, 0.15) is 23.7 Å². The fraction of sp³-hybridized carbons (Fsp3) is 0.462. The molecule has 0 aromatic heterocycles. The SMILES string of the molecule is CC1CN(C(=O)c2ccc([N+](=O)[O-])cc2F)CCC1O. The molecule has 1 aromatic rings. The molecule has 1 aromatic carbocycles. The summed E-state index contributed by atoms with van der Waals surface area (Å²) >= 11 is 0. The number of carbonyl (C=O) groups excluding carboxylic acids is 1. The predicted molar refractivity (Wildman–Crippen MR) is 68.7 cm³/mol. The molecule has 0 saturated carbocycles. The molecular weight excluding hydrogens is 267 g/mol. The number of nitrogens with zero attached hydrogens (tertiary/aromatic N) is 2. The Hall–Kier alpha value is -2.02. The standard InChI is InChI=1S/C13H15FN2O4/c1-8-7-15(5-4-12(8)17)13(18)10-3-2-9(16(19)20)6-11(10)14/h2-3,6,8,12,17H,4-5,7H2,1H3. The van der Waals surface area contributed by atoms with Crippen LogP contribution in [0.5, 0.6) is 0 Å². The van der Waals surface area contributed by atoms with Gasteiger partial charge in [0.15, 0.2) is 0 Å². The summed E-state index contributed by atoms with van der Waals surface area (Å²) in [5, 5.41) is 20.1. The van der Waals surface area contributed by atoms with Gasteiger partial charge in [-0.3, -0.25) is 14.9 Å². The number of likely N-dealkylation sites (tertiary alicyclic amines) is 1. The van der Waals surface area contributed by atoms with Crippen LogP contribution in [0, 0.1) is 21.8 Å². The molecule has 1 saturated heterocycles. The normalized spacial score (nSPS) is 22.6. The third-order valence-corrected chi connectivity index (χ3v) is 3.54. The number of halogens is 1. The van der Waals surface area contributed by atoms with Crippen LogP contribution < -0.4 is 0 Å². The molecule has 7 heteroatoms. The fourth-order valence-corrected chi connectivity index (χ4v) is 2.28. The summed E-state index contributed by atoms with van der Waals surface area (Å²) in [6.45, 7) is 2.51. The highest BCUT2D eigenvalue weighted by Crippen LogP contribution is 2.22. The second-order valence-corrected chi connectivity index (χ2v) is 5.01. The summed E-state index contributed by atoms with van der Waals surface area (Å²) in [5.74, 6) is -1.48. The predicted octanol–water partition coefficient (Wildman–Crippen LogP) is 1.58. The molecule has 6 nitrogen and oxygen atoms in total. The molecule has 108 valence electrons. The van der Waals surface area contributed by atoms with E-state index in [9.17, 15) is 24.4 Å². The van der Waals surface area contributed by atoms with Crippen molar-refractivity contribution in [3.05, 3.63) is 39.7 Å². The van der Waals surface area contributed by atoms with Crippen LogP contribution >= 0.6 is 0 Å². The minimum Gasteiger partial charge on any atom is -0.393 e. The van der Waals surface area contributed by atoms with Crippen molar-refractivity contribution in [3.8, 4) is 0 Å². The summed E-state index contributed by atoms with van der Waals surface area (Å²) in [4.78, 5) is 23.5. The molecule has 1 aliphatic heterocycles. The fourth-order valence-electron chi connectivity index (χ4n) is 2.28. The number of piperidine rings is 1. The Kier molecular flexibility index (Phi) is 3.99. The number of aliphatic hydroxyl groups is 1. The van der Waals surface area contributed by atoms with Crippen molar-refractivity contribution in [1.82, 2.24) is 4.90 Å². The van der Waals surface area contributed by atoms with Crippen molar-refractivity contribution in [2.24, 2.45) is 5.92 Å². The van der Waals surface area contributed by atoms with E-state index in [1.165, 1.54) is 4.90 Å². The molecule has 0 bridgehead atoms. The van der Waals surface area contributed by atoms with Crippen molar-refractivity contribution in [1.29, 1.82) is 0 Å². The van der Waals surface area contributed by atoms with Gasteiger partial charge in [0.1, 0.15) is 5.82 Å². The zero-order chi connectivity index (χ0) is 14.9. The first kappa shape index (κ1) is 14.4. The highest BCUT2D eigenvalue weighted by atomic mass is 19.1. The summed E-state index contributed by atoms with van der Waals surface area (Å²) < 4.78 is 13.8. The van der Waals surface area contributed by atoms with E-state index in [0.29, 0.717) is 19.5 Å². The molecule has 0 radical (unpaired) electrons. The van der Waals surface area contributed by atoms with Gasteiger partial charge in [0.05, 0.1) is 22.7 Å². The number of amides is 1. The van der Waals surface area contributed by atoms with Gasteiger partial charge in [-0.2, -0.15) is 0 Å². The summed E-state index contributed by atoms with van der Waals surface area (Å²) in [6.07, 6.45) is -0.0117. The minimum absolute atomic E-state index is 0.0752. The smallest absolute Gasteiger partial charge is 0.272 e. The Morgan fingerprint density at radius 2 is 2.25 bits per heavy atom. The summed E-state index contributed by atoms with van der Waals surface area (Å²) in [7, 11) is 0. The maximum Gasteiger partial charge on any atom is 0.272 e. The van der Waals surface area contributed by atoms with E-state index in [2.05, 4.69) is 0 Å². The van der Waals surface area contributed by atoms with Crippen molar-refractivity contribution in [2.45, 2.75) is 19.4 Å². The van der Waals surface area contributed by atoms with Crippen LogP contribution in [-0.2, 0) is 0 Å². The van der Waals surface area contributed by atoms with Gasteiger partial charge in [0.25, 0.3) is 11.6 Å². The van der Waals surface area contributed by atoms with E-state index in [4.69, 9.17) is 0 Å². The first-order valence-corrected chi connectivity index (χ1v) is 6.31. The largest absolute Gasteiger partial charge is 0.393 e. The molecular formula is C13H15FN2O4. The van der Waals surface area contributed by atoms with E-state index < -0.39 is 22.8 Å². The highest BCUT2D eigenvalue weighted by molar-refractivity contribution is 5.94. The van der Waals surface area contributed by atoms with Crippen LogP contribution in [0.3, 0.4) is 0 Å². The van der Waals surface area contributed by atoms with Crippen molar-refractivity contribution < 1.29 is 19.2 Å². The van der Waals surface area contributed by atoms with Crippen LogP contribution in [0.15, 0.2) is 18.2 Å². The maximum atomic E-state index is 13.8. The van der Waals surface area contributed by atoms with Gasteiger partial charge in [0, 0.05) is 19.2 Å². The van der Waals surface area contributed by atoms with Crippen LogP contribution in [0.25, 0.3) is 0 Å². The number of nitro benzene ring substituents is 1. The average Bonchev–Trinajstić information content (AvgIpc) is 2.41. The third kappa shape index (κ3) is 2.77. The molecule has 20 heavy (non-hydrogen) atoms. The van der Waals surface area contributed by atoms with Gasteiger partial charge >= 0.3 is 0 Å². The van der Waals surface area contributed by atoms with Crippen LogP contribution in [0.4, 0.5) is 10.1 Å². The summed E-state index contributed by atoms with van der Waals surface area (Å²) in [5.41, 5.74) is -0.569. The van der Waals surface area contributed by atoms with E-state index in [0.717, 1.165) is 18.2 Å². The van der Waals surface area contributed by atoms with Crippen molar-refractivity contribution in [2.75, 3.05) is 13.1 Å². The molecule has 2 unspecified atom stereocenters. The van der Waals surface area contributed by atoms with Gasteiger partial charge in [-0.15, -0.1) is 0 Å². The third-order valence-electron chi connectivity index (χ3n) is 3.54. The number of rotatable bonds is 2. The zero-order valence-corrected chi connectivity index (χ0v) is 11.0. The molecule has 1 heterocycles. The molecule has 1 aliphatic rings. The van der Waals surface area contributed by atoms with E-state index >= 15 is 0 Å². The lowest BCUT2D eigenvalue weighted by Crippen LogP contribution is -2.45. The molecule has 0 spiro atoms. The second kappa shape index (κ2) is 5.54. The van der Waals surface area contributed by atoms with Gasteiger partial charge in [-0.1, -0.05) is 6.92 Å². The van der Waals surface area contributed by atoms with E-state index in [-0.39, 0.29) is 17.2 Å². The molecule has 1 fully saturated rings. The Morgan fingerprint density at radius 1 is 1.55 bits per heavy atom. The number of hydrogen-bond acceptors (Lipinski definition) is 4. The molecule has 2 atom stereocenters. The first-order valence-electron chi connectivity index (χ1n) is 6.31. The van der Waals surface area contributed by atoms with E-state index in [1.54, 1.807) is 0 Å². The topological polar surface area (TPSA) is 83.7 Å². The molecule has 0 aliphatic carbocycles. The maximum absolute atomic E-state index is 13.8. The number of aliphatic hydroxyl groups excluding tert-OH is 1. The number of non-ortho nitro benzene ring substituents is 1. The number of nitro groups is 1. The molecule has 1 amide bonds. The second-order valence-electron chi connectivity index (χ2n) is 5.01. The van der Waals surface area contributed by atoms with Gasteiger partial charge in [-0.25, -0.2) is 4.39 Å². The Bertz CT molecular complexity index is 549. The minimum atomic E-state index is -0.900. The van der Waals surface area contributed by atoms with Crippen molar-refractivity contribution >= 4 is 11.6 Å². The number of benzene rings is 1. The monoisotopic (exact) mass is 282 g/mol. The van der Waals surface area contributed by atoms with Crippen LogP contribution in [-0.4, -0.2) is 40.0 Å².